The molecular formula is C6H11N3. The van der Waals surface area contributed by atoms with Crippen LogP contribution in [0.2, 0.25) is 0 Å². The van der Waals surface area contributed by atoms with Crippen LogP contribution in [0.4, 0.5) is 0 Å². The Hall–Kier alpha value is -1.25. The highest BCUT2D eigenvalue weighted by Gasteiger charge is 1.72. The summed E-state index contributed by atoms with van der Waals surface area (Å²) in [6.45, 7) is 3.45. The van der Waals surface area contributed by atoms with Gasteiger partial charge < -0.3 is 11.1 Å². The van der Waals surface area contributed by atoms with E-state index in [1.807, 2.05) is 0 Å². The fraction of sp³-hybridized carbons (Fsp3) is 0.167. The van der Waals surface area contributed by atoms with Gasteiger partial charge in [-0.15, -0.1) is 0 Å². The molecule has 0 unspecified atom stereocenters. The molecule has 0 aliphatic heterocycles. The van der Waals surface area contributed by atoms with Gasteiger partial charge in [0.05, 0.1) is 12.5 Å². The standard InChI is InChI=1S/C6H11N3/c1-3-6(7)4-9-5-8-2/h3-5H,1,7H2,2H3,(H,8,9)/b6-4+. The van der Waals surface area contributed by atoms with Gasteiger partial charge in [0.15, 0.2) is 0 Å². The van der Waals surface area contributed by atoms with E-state index in [2.05, 4.69) is 16.9 Å². The topological polar surface area (TPSA) is 50.4 Å². The number of nitrogens with zero attached hydrogens (tertiary/aromatic N) is 1. The van der Waals surface area contributed by atoms with Crippen LogP contribution in [0.3, 0.4) is 0 Å². The number of nitrogens with two attached hydrogens (primary N) is 1. The van der Waals surface area contributed by atoms with Crippen LogP contribution in [0.1, 0.15) is 0 Å². The van der Waals surface area contributed by atoms with Crippen molar-refractivity contribution in [1.82, 2.24) is 5.32 Å². The molecule has 3 N–H and O–H groups in total. The first-order valence-corrected chi connectivity index (χ1v) is 2.58. The van der Waals surface area contributed by atoms with Crippen LogP contribution in [0.25, 0.3) is 0 Å². The van der Waals surface area contributed by atoms with Gasteiger partial charge in [0.2, 0.25) is 0 Å². The highest BCUT2D eigenvalue weighted by atomic mass is 14.9. The summed E-state index contributed by atoms with van der Waals surface area (Å²) in [6, 6.07) is 0. The van der Waals surface area contributed by atoms with Gasteiger partial charge in [0.1, 0.15) is 0 Å². The second-order valence-electron chi connectivity index (χ2n) is 1.40. The van der Waals surface area contributed by atoms with Crippen molar-refractivity contribution in [1.29, 1.82) is 0 Å². The van der Waals surface area contributed by atoms with E-state index < -0.39 is 0 Å². The largest absolute Gasteiger partial charge is 0.397 e. The molecule has 0 aromatic rings. The molecule has 9 heavy (non-hydrogen) atoms. The summed E-state index contributed by atoms with van der Waals surface area (Å²) in [5, 5.41) is 2.72. The van der Waals surface area contributed by atoms with Gasteiger partial charge in [-0.25, -0.2) is 4.99 Å². The van der Waals surface area contributed by atoms with Crippen molar-refractivity contribution in [2.45, 2.75) is 0 Å². The van der Waals surface area contributed by atoms with Crippen LogP contribution in [0, 0.1) is 0 Å². The summed E-state index contributed by atoms with van der Waals surface area (Å²) in [4.78, 5) is 3.77. The number of rotatable bonds is 3. The summed E-state index contributed by atoms with van der Waals surface area (Å²) in [5.41, 5.74) is 5.87. The van der Waals surface area contributed by atoms with Gasteiger partial charge in [-0.1, -0.05) is 6.58 Å². The molecule has 0 aromatic heterocycles. The number of allylic oxidation sites excluding steroid dienone is 1. The molecule has 0 heterocycles. The Bertz CT molecular complexity index is 135. The van der Waals surface area contributed by atoms with Crippen molar-refractivity contribution < 1.29 is 0 Å². The van der Waals surface area contributed by atoms with Crippen molar-refractivity contribution >= 4 is 6.34 Å². The lowest BCUT2D eigenvalue weighted by Gasteiger charge is -1.85. The van der Waals surface area contributed by atoms with E-state index >= 15 is 0 Å². The van der Waals surface area contributed by atoms with Crippen molar-refractivity contribution in [2.24, 2.45) is 10.7 Å². The van der Waals surface area contributed by atoms with Crippen LogP contribution >= 0.6 is 0 Å². The molecule has 0 aliphatic carbocycles. The van der Waals surface area contributed by atoms with Crippen LogP contribution in [-0.2, 0) is 0 Å². The first-order valence-electron chi connectivity index (χ1n) is 2.58. The predicted molar refractivity (Wildman–Crippen MR) is 40.0 cm³/mol. The van der Waals surface area contributed by atoms with E-state index in [9.17, 15) is 0 Å². The molecule has 3 heteroatoms. The lowest BCUT2D eigenvalue weighted by atomic mass is 10.5. The minimum absolute atomic E-state index is 0.557. The molecule has 0 fully saturated rings. The van der Waals surface area contributed by atoms with Gasteiger partial charge in [-0.2, -0.15) is 0 Å². The van der Waals surface area contributed by atoms with Crippen molar-refractivity contribution in [3.05, 3.63) is 24.6 Å². The quantitative estimate of drug-likeness (QED) is 0.322. The highest BCUT2D eigenvalue weighted by Crippen LogP contribution is 1.81. The Balaban J connectivity index is 3.68. The molecule has 3 nitrogen and oxygen atoms in total. The molecule has 0 spiro atoms. The smallest absolute Gasteiger partial charge is 0.0877 e. The molecule has 50 valence electrons. The average molecular weight is 125 g/mol. The molecule has 0 amide bonds. The van der Waals surface area contributed by atoms with Crippen molar-refractivity contribution in [2.75, 3.05) is 7.05 Å². The Morgan fingerprint density at radius 3 is 2.89 bits per heavy atom. The van der Waals surface area contributed by atoms with Crippen LogP contribution < -0.4 is 11.1 Å². The van der Waals surface area contributed by atoms with Crippen LogP contribution in [0.5, 0.6) is 0 Å². The van der Waals surface area contributed by atoms with Gasteiger partial charge in [-0.3, -0.25) is 0 Å². The summed E-state index contributed by atoms with van der Waals surface area (Å²) in [6.07, 6.45) is 4.59. The van der Waals surface area contributed by atoms with Gasteiger partial charge >= 0.3 is 0 Å². The number of nitrogens with one attached hydrogen (secondary N) is 1. The van der Waals surface area contributed by atoms with Crippen LogP contribution in [-0.4, -0.2) is 13.4 Å². The maximum Gasteiger partial charge on any atom is 0.0877 e. The Morgan fingerprint density at radius 1 is 1.78 bits per heavy atom. The Labute approximate surface area is 55.0 Å². The molecule has 0 aromatic carbocycles. The lowest BCUT2D eigenvalue weighted by molar-refractivity contribution is 1.20. The number of aliphatic imine (C=N–C) groups is 1. The normalized spacial score (nSPS) is 11.9. The van der Waals surface area contributed by atoms with Gasteiger partial charge in [-0.05, 0) is 6.08 Å². The molecule has 0 atom stereocenters. The third-order valence-corrected chi connectivity index (χ3v) is 0.663. The van der Waals surface area contributed by atoms with Gasteiger partial charge in [0.25, 0.3) is 0 Å². The van der Waals surface area contributed by atoms with E-state index in [0.29, 0.717) is 5.70 Å². The summed E-state index contributed by atoms with van der Waals surface area (Å²) >= 11 is 0. The minimum atomic E-state index is 0.557. The van der Waals surface area contributed by atoms with E-state index in [-0.39, 0.29) is 0 Å². The minimum Gasteiger partial charge on any atom is -0.397 e. The maximum absolute atomic E-state index is 5.32. The zero-order valence-electron chi connectivity index (χ0n) is 5.46. The van der Waals surface area contributed by atoms with Crippen molar-refractivity contribution in [3.8, 4) is 0 Å². The summed E-state index contributed by atoms with van der Waals surface area (Å²) in [5.74, 6) is 0. The fourth-order valence-electron chi connectivity index (χ4n) is 0.251. The first-order chi connectivity index (χ1) is 4.31. The number of hydrogen-bond acceptors (Lipinski definition) is 2. The summed E-state index contributed by atoms with van der Waals surface area (Å²) < 4.78 is 0. The third-order valence-electron chi connectivity index (χ3n) is 0.663. The molecule has 0 radical (unpaired) electrons. The third kappa shape index (κ3) is 4.61. The SMILES string of the molecule is C=C/C(N)=C\N=C/NC. The lowest BCUT2D eigenvalue weighted by Crippen LogP contribution is -2.00. The Kier molecular flexibility index (Phi) is 4.22. The Morgan fingerprint density at radius 2 is 2.44 bits per heavy atom. The molecule has 0 aliphatic rings. The predicted octanol–water partition coefficient (Wildman–Crippen LogP) is 0.220. The zero-order valence-corrected chi connectivity index (χ0v) is 5.46. The fourth-order valence-corrected chi connectivity index (χ4v) is 0.251. The van der Waals surface area contributed by atoms with E-state index in [0.717, 1.165) is 0 Å². The van der Waals surface area contributed by atoms with E-state index in [4.69, 9.17) is 5.73 Å². The monoisotopic (exact) mass is 125 g/mol. The zero-order chi connectivity index (χ0) is 7.11. The van der Waals surface area contributed by atoms with E-state index in [1.165, 1.54) is 18.6 Å². The molecule has 0 bridgehead atoms. The summed E-state index contributed by atoms with van der Waals surface area (Å²) in [7, 11) is 1.77. The molecular weight excluding hydrogens is 114 g/mol. The van der Waals surface area contributed by atoms with Gasteiger partial charge in [0, 0.05) is 12.7 Å². The second kappa shape index (κ2) is 4.90. The number of hydrogen-bond donors (Lipinski definition) is 2. The van der Waals surface area contributed by atoms with Crippen LogP contribution in [0.15, 0.2) is 29.5 Å². The molecule has 0 saturated carbocycles. The maximum atomic E-state index is 5.32. The molecule has 0 saturated heterocycles. The highest BCUT2D eigenvalue weighted by molar-refractivity contribution is 5.54. The first kappa shape index (κ1) is 7.75. The second-order valence-corrected chi connectivity index (χ2v) is 1.40. The molecule has 0 rings (SSSR count). The van der Waals surface area contributed by atoms with Crippen molar-refractivity contribution in [3.63, 3.8) is 0 Å². The average Bonchev–Trinajstić information content (AvgIpc) is 1.89. The van der Waals surface area contributed by atoms with E-state index in [1.54, 1.807) is 7.05 Å².